The van der Waals surface area contributed by atoms with Crippen LogP contribution in [-0.2, 0) is 10.0 Å². The van der Waals surface area contributed by atoms with E-state index in [4.69, 9.17) is 0 Å². The van der Waals surface area contributed by atoms with E-state index in [0.29, 0.717) is 27.2 Å². The number of thiazole rings is 1. The van der Waals surface area contributed by atoms with Gasteiger partial charge in [0.1, 0.15) is 5.01 Å². The molecule has 0 atom stereocenters. The number of hydrogen-bond acceptors (Lipinski definition) is 5. The third-order valence-corrected chi connectivity index (χ3v) is 5.25. The van der Waals surface area contributed by atoms with Crippen molar-refractivity contribution in [3.8, 4) is 16.5 Å². The van der Waals surface area contributed by atoms with Gasteiger partial charge in [0.05, 0.1) is 22.0 Å². The average molecular weight is 359 g/mol. The highest BCUT2D eigenvalue weighted by molar-refractivity contribution is 7.92. The van der Waals surface area contributed by atoms with Crippen LogP contribution in [0.3, 0.4) is 0 Å². The molecule has 6 nitrogen and oxygen atoms in total. The first-order chi connectivity index (χ1) is 11.4. The molecule has 2 heterocycles. The van der Waals surface area contributed by atoms with Crippen LogP contribution in [0.1, 0.15) is 0 Å². The van der Waals surface area contributed by atoms with E-state index < -0.39 is 10.0 Å². The standard InChI is InChI=1S/C16H13N3O3S2/c1-24(21,22)19-9-6-7-11-10(8-9)14(15(20)17-11)16-18-12-4-2-3-5-13(12)23-16/h2-8,17,19-20H,1H3. The summed E-state index contributed by atoms with van der Waals surface area (Å²) in [6.45, 7) is 0. The molecule has 3 N–H and O–H groups in total. The zero-order chi connectivity index (χ0) is 16.9. The number of nitrogens with zero attached hydrogens (tertiary/aromatic N) is 1. The number of benzene rings is 2. The zero-order valence-corrected chi connectivity index (χ0v) is 14.2. The summed E-state index contributed by atoms with van der Waals surface area (Å²) in [5.74, 6) is 0.0144. The number of H-pyrrole nitrogens is 1. The molecule has 24 heavy (non-hydrogen) atoms. The number of nitrogens with one attached hydrogen (secondary N) is 2. The number of rotatable bonds is 3. The average Bonchev–Trinajstić information content (AvgIpc) is 3.04. The number of aromatic amines is 1. The van der Waals surface area contributed by atoms with E-state index >= 15 is 0 Å². The van der Waals surface area contributed by atoms with Crippen LogP contribution < -0.4 is 4.72 Å². The molecule has 0 fully saturated rings. The van der Waals surface area contributed by atoms with Crippen molar-refractivity contribution in [3.05, 3.63) is 42.5 Å². The van der Waals surface area contributed by atoms with Crippen molar-refractivity contribution in [2.75, 3.05) is 11.0 Å². The molecule has 0 saturated carbocycles. The van der Waals surface area contributed by atoms with Gasteiger partial charge in [-0.15, -0.1) is 11.3 Å². The van der Waals surface area contributed by atoms with Gasteiger partial charge >= 0.3 is 0 Å². The van der Waals surface area contributed by atoms with Gasteiger partial charge in [-0.2, -0.15) is 0 Å². The molecule has 0 aliphatic carbocycles. The van der Waals surface area contributed by atoms with Gasteiger partial charge in [-0.05, 0) is 30.3 Å². The smallest absolute Gasteiger partial charge is 0.229 e. The maximum Gasteiger partial charge on any atom is 0.229 e. The molecular weight excluding hydrogens is 346 g/mol. The van der Waals surface area contributed by atoms with Crippen molar-refractivity contribution in [1.29, 1.82) is 0 Å². The minimum atomic E-state index is -3.37. The first kappa shape index (κ1) is 15.0. The number of sulfonamides is 1. The third-order valence-electron chi connectivity index (χ3n) is 3.59. The molecule has 2 aromatic carbocycles. The lowest BCUT2D eigenvalue weighted by Crippen LogP contribution is -2.09. The van der Waals surface area contributed by atoms with Crippen molar-refractivity contribution in [1.82, 2.24) is 9.97 Å². The highest BCUT2D eigenvalue weighted by atomic mass is 32.2. The predicted octanol–water partition coefficient (Wildman–Crippen LogP) is 3.52. The van der Waals surface area contributed by atoms with Crippen molar-refractivity contribution in [2.24, 2.45) is 0 Å². The monoisotopic (exact) mass is 359 g/mol. The molecule has 0 aliphatic rings. The summed E-state index contributed by atoms with van der Waals surface area (Å²) in [7, 11) is -3.37. The highest BCUT2D eigenvalue weighted by Gasteiger charge is 2.17. The Labute approximate surface area is 141 Å². The first-order valence-electron chi connectivity index (χ1n) is 7.09. The first-order valence-corrected chi connectivity index (χ1v) is 9.80. The van der Waals surface area contributed by atoms with Crippen molar-refractivity contribution >= 4 is 48.2 Å². The van der Waals surface area contributed by atoms with E-state index in [1.54, 1.807) is 18.2 Å². The lowest BCUT2D eigenvalue weighted by atomic mass is 10.1. The third kappa shape index (κ3) is 2.59. The molecule has 0 aliphatic heterocycles. The molecule has 122 valence electrons. The van der Waals surface area contributed by atoms with E-state index in [1.165, 1.54) is 11.3 Å². The topological polar surface area (TPSA) is 95.1 Å². The number of fused-ring (bicyclic) bond motifs is 2. The number of hydrogen-bond donors (Lipinski definition) is 3. The molecular formula is C16H13N3O3S2. The van der Waals surface area contributed by atoms with Crippen LogP contribution in [0.25, 0.3) is 31.7 Å². The van der Waals surface area contributed by atoms with Gasteiger partial charge in [-0.1, -0.05) is 12.1 Å². The summed E-state index contributed by atoms with van der Waals surface area (Å²) in [6, 6.07) is 12.8. The maximum atomic E-state index is 11.4. The van der Waals surface area contributed by atoms with Crippen LogP contribution >= 0.6 is 11.3 Å². The fourth-order valence-electron chi connectivity index (χ4n) is 2.65. The Hall–Kier alpha value is -2.58. The summed E-state index contributed by atoms with van der Waals surface area (Å²) >= 11 is 1.47. The lowest BCUT2D eigenvalue weighted by Gasteiger charge is -2.04. The molecule has 0 saturated heterocycles. The second-order valence-electron chi connectivity index (χ2n) is 5.47. The van der Waals surface area contributed by atoms with Crippen LogP contribution in [0.4, 0.5) is 5.69 Å². The van der Waals surface area contributed by atoms with E-state index in [-0.39, 0.29) is 5.88 Å². The Balaban J connectivity index is 1.93. The summed E-state index contributed by atoms with van der Waals surface area (Å²) in [6.07, 6.45) is 1.10. The van der Waals surface area contributed by atoms with Crippen molar-refractivity contribution in [2.45, 2.75) is 0 Å². The molecule has 0 amide bonds. The Morgan fingerprint density at radius 2 is 2.00 bits per heavy atom. The normalized spacial score (nSPS) is 12.0. The highest BCUT2D eigenvalue weighted by Crippen LogP contribution is 2.41. The Bertz CT molecular complexity index is 1140. The number of para-hydroxylation sites is 1. The summed E-state index contributed by atoms with van der Waals surface area (Å²) in [4.78, 5) is 7.48. The lowest BCUT2D eigenvalue weighted by molar-refractivity contribution is 0.460. The van der Waals surface area contributed by atoms with Gasteiger partial charge in [0.25, 0.3) is 0 Å². The van der Waals surface area contributed by atoms with Crippen molar-refractivity contribution in [3.63, 3.8) is 0 Å². The molecule has 0 spiro atoms. The van der Waals surface area contributed by atoms with Crippen LogP contribution in [-0.4, -0.2) is 29.7 Å². The molecule has 4 aromatic rings. The van der Waals surface area contributed by atoms with Gasteiger partial charge in [0.2, 0.25) is 10.0 Å². The largest absolute Gasteiger partial charge is 0.494 e. The van der Waals surface area contributed by atoms with Crippen LogP contribution in [0.5, 0.6) is 5.88 Å². The molecule has 0 radical (unpaired) electrons. The fraction of sp³-hybridized carbons (Fsp3) is 0.0625. The van der Waals surface area contributed by atoms with E-state index in [0.717, 1.165) is 16.5 Å². The van der Waals surface area contributed by atoms with Gasteiger partial charge in [0, 0.05) is 16.6 Å². The van der Waals surface area contributed by atoms with Crippen molar-refractivity contribution < 1.29 is 13.5 Å². The fourth-order valence-corrected chi connectivity index (χ4v) is 4.23. The van der Waals surface area contributed by atoms with E-state index in [2.05, 4.69) is 14.7 Å². The second-order valence-corrected chi connectivity index (χ2v) is 8.25. The molecule has 0 unspecified atom stereocenters. The van der Waals surface area contributed by atoms with E-state index in [1.807, 2.05) is 24.3 Å². The minimum Gasteiger partial charge on any atom is -0.494 e. The summed E-state index contributed by atoms with van der Waals surface area (Å²) < 4.78 is 26.3. The quantitative estimate of drug-likeness (QED) is 0.521. The number of anilines is 1. The summed E-state index contributed by atoms with van der Waals surface area (Å²) in [5.41, 5.74) is 2.58. The predicted molar refractivity (Wildman–Crippen MR) is 97.0 cm³/mol. The van der Waals surface area contributed by atoms with Gasteiger partial charge in [-0.25, -0.2) is 13.4 Å². The maximum absolute atomic E-state index is 11.4. The Morgan fingerprint density at radius 1 is 1.21 bits per heavy atom. The Morgan fingerprint density at radius 3 is 2.75 bits per heavy atom. The molecule has 0 bridgehead atoms. The zero-order valence-electron chi connectivity index (χ0n) is 12.6. The number of aromatic hydroxyl groups is 1. The molecule has 4 rings (SSSR count). The van der Waals surface area contributed by atoms with E-state index in [9.17, 15) is 13.5 Å². The second kappa shape index (κ2) is 5.22. The summed E-state index contributed by atoms with van der Waals surface area (Å²) in [5, 5.41) is 11.7. The van der Waals surface area contributed by atoms with Gasteiger partial charge in [0.15, 0.2) is 5.88 Å². The van der Waals surface area contributed by atoms with Gasteiger partial charge < -0.3 is 10.1 Å². The van der Waals surface area contributed by atoms with Crippen LogP contribution in [0.2, 0.25) is 0 Å². The van der Waals surface area contributed by atoms with Gasteiger partial charge in [-0.3, -0.25) is 4.72 Å². The van der Waals surface area contributed by atoms with Crippen LogP contribution in [0.15, 0.2) is 42.5 Å². The Kier molecular flexibility index (Phi) is 3.26. The van der Waals surface area contributed by atoms with Crippen LogP contribution in [0, 0.1) is 0 Å². The molecule has 8 heteroatoms. The molecule has 2 aromatic heterocycles. The number of aromatic nitrogens is 2. The minimum absolute atomic E-state index is 0.0144. The SMILES string of the molecule is CS(=O)(=O)Nc1ccc2[nH]c(O)c(-c3nc4ccccc4s3)c2c1.